The third-order valence-corrected chi connectivity index (χ3v) is 3.34. The maximum Gasteiger partial charge on any atom is 0.134 e. The van der Waals surface area contributed by atoms with Gasteiger partial charge in [0.2, 0.25) is 0 Å². The Bertz CT molecular complexity index is 596. The molecule has 1 fully saturated rings. The first-order valence-corrected chi connectivity index (χ1v) is 5.84. The predicted octanol–water partition coefficient (Wildman–Crippen LogP) is 3.19. The zero-order chi connectivity index (χ0) is 12.0. The monoisotopic (exact) mass is 251 g/mol. The van der Waals surface area contributed by atoms with Gasteiger partial charge in [-0.2, -0.15) is 0 Å². The van der Waals surface area contributed by atoms with Crippen molar-refractivity contribution in [2.45, 2.75) is 18.8 Å². The van der Waals surface area contributed by atoms with Crippen molar-refractivity contribution >= 4 is 28.2 Å². The van der Waals surface area contributed by atoms with Gasteiger partial charge in [-0.05, 0) is 31.0 Å². The Hall–Kier alpha value is -1.39. The number of fused-ring (bicyclic) bond motifs is 1. The van der Waals surface area contributed by atoms with Crippen molar-refractivity contribution in [2.24, 2.45) is 5.84 Å². The molecule has 0 spiro atoms. The third-order valence-electron chi connectivity index (χ3n) is 3.03. The quantitative estimate of drug-likeness (QED) is 0.637. The van der Waals surface area contributed by atoms with E-state index in [-0.39, 0.29) is 5.82 Å². The largest absolute Gasteiger partial charge is 0.323 e. The molecule has 1 saturated carbocycles. The molecule has 1 aromatic carbocycles. The lowest BCUT2D eigenvalue weighted by molar-refractivity contribution is 0.639. The normalized spacial score (nSPS) is 15.2. The highest BCUT2D eigenvalue weighted by molar-refractivity contribution is 6.35. The number of aromatic nitrogens is 1. The fourth-order valence-corrected chi connectivity index (χ4v) is 2.19. The molecule has 1 aliphatic carbocycles. The summed E-state index contributed by atoms with van der Waals surface area (Å²) in [5, 5.41) is 0.796. The number of halogens is 2. The third kappa shape index (κ3) is 1.73. The minimum atomic E-state index is -0.368. The number of anilines is 1. The number of nitrogens with zero attached hydrogens (tertiary/aromatic N) is 1. The van der Waals surface area contributed by atoms with Gasteiger partial charge >= 0.3 is 0 Å². The lowest BCUT2D eigenvalue weighted by atomic mass is 10.1. The van der Waals surface area contributed by atoms with E-state index in [1.165, 1.54) is 12.1 Å². The second-order valence-corrected chi connectivity index (χ2v) is 4.67. The SMILES string of the molecule is NNc1cc(C2CC2)nc2c(Cl)ccc(F)c12. The average Bonchev–Trinajstić information content (AvgIpc) is 3.16. The second kappa shape index (κ2) is 3.82. The van der Waals surface area contributed by atoms with Crippen LogP contribution in [0.3, 0.4) is 0 Å². The topological polar surface area (TPSA) is 50.9 Å². The van der Waals surface area contributed by atoms with Crippen molar-refractivity contribution in [1.29, 1.82) is 0 Å². The van der Waals surface area contributed by atoms with Crippen LogP contribution in [0.5, 0.6) is 0 Å². The van der Waals surface area contributed by atoms with Gasteiger partial charge in [-0.15, -0.1) is 0 Å². The zero-order valence-electron chi connectivity index (χ0n) is 9.00. The van der Waals surface area contributed by atoms with Gasteiger partial charge in [-0.1, -0.05) is 11.6 Å². The molecule has 3 rings (SSSR count). The standard InChI is InChI=1S/C12H11ClFN3/c13-7-3-4-8(14)11-10(17-15)5-9(6-1-2-6)16-12(7)11/h3-6H,1-2,15H2,(H,16,17). The van der Waals surface area contributed by atoms with Crippen molar-refractivity contribution in [3.63, 3.8) is 0 Å². The number of nitrogen functional groups attached to an aromatic ring is 1. The fraction of sp³-hybridized carbons (Fsp3) is 0.250. The molecule has 0 amide bonds. The molecule has 3 nitrogen and oxygen atoms in total. The van der Waals surface area contributed by atoms with E-state index >= 15 is 0 Å². The molecule has 1 aromatic heterocycles. The van der Waals surface area contributed by atoms with Crippen LogP contribution in [0, 0.1) is 5.82 Å². The fourth-order valence-electron chi connectivity index (χ4n) is 1.99. The predicted molar refractivity (Wildman–Crippen MR) is 66.5 cm³/mol. The summed E-state index contributed by atoms with van der Waals surface area (Å²) in [5.41, 5.74) is 4.47. The molecular weight excluding hydrogens is 241 g/mol. The highest BCUT2D eigenvalue weighted by Crippen LogP contribution is 2.42. The van der Waals surface area contributed by atoms with E-state index in [0.29, 0.717) is 27.5 Å². The Morgan fingerprint density at radius 1 is 1.41 bits per heavy atom. The first kappa shape index (κ1) is 10.7. The molecule has 17 heavy (non-hydrogen) atoms. The van der Waals surface area contributed by atoms with Gasteiger partial charge in [-0.25, -0.2) is 4.39 Å². The molecule has 0 radical (unpaired) electrons. The van der Waals surface area contributed by atoms with Crippen molar-refractivity contribution < 1.29 is 4.39 Å². The molecule has 0 atom stereocenters. The van der Waals surface area contributed by atoms with Crippen molar-refractivity contribution in [1.82, 2.24) is 4.98 Å². The van der Waals surface area contributed by atoms with Crippen molar-refractivity contribution in [3.8, 4) is 0 Å². The van der Waals surface area contributed by atoms with E-state index in [1.807, 2.05) is 0 Å². The first-order chi connectivity index (χ1) is 8.20. The summed E-state index contributed by atoms with van der Waals surface area (Å²) in [4.78, 5) is 4.44. The average molecular weight is 252 g/mol. The summed E-state index contributed by atoms with van der Waals surface area (Å²) in [7, 11) is 0. The van der Waals surface area contributed by atoms with E-state index in [9.17, 15) is 4.39 Å². The molecule has 2 aromatic rings. The van der Waals surface area contributed by atoms with Gasteiger partial charge in [0.25, 0.3) is 0 Å². The van der Waals surface area contributed by atoms with Crippen LogP contribution in [0.4, 0.5) is 10.1 Å². The van der Waals surface area contributed by atoms with Crippen LogP contribution in [-0.4, -0.2) is 4.98 Å². The van der Waals surface area contributed by atoms with Crippen LogP contribution in [0.1, 0.15) is 24.5 Å². The van der Waals surface area contributed by atoms with Crippen LogP contribution < -0.4 is 11.3 Å². The maximum atomic E-state index is 13.8. The number of rotatable bonds is 2. The lowest BCUT2D eigenvalue weighted by Gasteiger charge is -2.10. The summed E-state index contributed by atoms with van der Waals surface area (Å²) in [6.07, 6.45) is 2.24. The van der Waals surface area contributed by atoms with Crippen LogP contribution in [0.15, 0.2) is 18.2 Å². The first-order valence-electron chi connectivity index (χ1n) is 5.46. The number of nitrogens with two attached hydrogens (primary N) is 1. The number of nitrogens with one attached hydrogen (secondary N) is 1. The molecule has 0 saturated heterocycles. The number of benzene rings is 1. The van der Waals surface area contributed by atoms with E-state index in [0.717, 1.165) is 18.5 Å². The zero-order valence-corrected chi connectivity index (χ0v) is 9.76. The number of hydrogen-bond donors (Lipinski definition) is 2. The van der Waals surface area contributed by atoms with E-state index < -0.39 is 0 Å². The molecular formula is C12H11ClFN3. The lowest BCUT2D eigenvalue weighted by Crippen LogP contribution is -2.09. The highest BCUT2D eigenvalue weighted by Gasteiger charge is 2.26. The Kier molecular flexibility index (Phi) is 2.42. The Morgan fingerprint density at radius 2 is 2.18 bits per heavy atom. The van der Waals surface area contributed by atoms with Gasteiger partial charge in [-0.3, -0.25) is 10.8 Å². The minimum absolute atomic E-state index is 0.351. The highest BCUT2D eigenvalue weighted by atomic mass is 35.5. The molecule has 88 valence electrons. The molecule has 0 unspecified atom stereocenters. The van der Waals surface area contributed by atoms with E-state index in [4.69, 9.17) is 17.4 Å². The van der Waals surface area contributed by atoms with E-state index in [1.54, 1.807) is 6.07 Å². The Morgan fingerprint density at radius 3 is 2.82 bits per heavy atom. The second-order valence-electron chi connectivity index (χ2n) is 4.27. The molecule has 3 N–H and O–H groups in total. The van der Waals surface area contributed by atoms with Crippen LogP contribution in [0.2, 0.25) is 5.02 Å². The van der Waals surface area contributed by atoms with Crippen LogP contribution in [-0.2, 0) is 0 Å². The van der Waals surface area contributed by atoms with Crippen LogP contribution in [0.25, 0.3) is 10.9 Å². The molecule has 0 bridgehead atoms. The number of pyridine rings is 1. The molecule has 5 heteroatoms. The van der Waals surface area contributed by atoms with Crippen molar-refractivity contribution in [3.05, 3.63) is 34.7 Å². The summed E-state index contributed by atoms with van der Waals surface area (Å²) in [6, 6.07) is 4.65. The summed E-state index contributed by atoms with van der Waals surface area (Å²) in [5.74, 6) is 5.53. The summed E-state index contributed by atoms with van der Waals surface area (Å²) >= 11 is 6.06. The number of hydrogen-bond acceptors (Lipinski definition) is 3. The van der Waals surface area contributed by atoms with Gasteiger partial charge in [0.05, 0.1) is 21.6 Å². The summed E-state index contributed by atoms with van der Waals surface area (Å²) < 4.78 is 13.8. The van der Waals surface area contributed by atoms with Crippen LogP contribution >= 0.6 is 11.6 Å². The molecule has 0 aliphatic heterocycles. The van der Waals surface area contributed by atoms with Crippen molar-refractivity contribution in [2.75, 3.05) is 5.43 Å². The van der Waals surface area contributed by atoms with Gasteiger partial charge < -0.3 is 5.43 Å². The molecule has 1 aliphatic rings. The molecule has 1 heterocycles. The van der Waals surface area contributed by atoms with Gasteiger partial charge in [0.1, 0.15) is 5.82 Å². The minimum Gasteiger partial charge on any atom is -0.323 e. The van der Waals surface area contributed by atoms with E-state index in [2.05, 4.69) is 10.4 Å². The maximum absolute atomic E-state index is 13.8. The van der Waals surface area contributed by atoms with Gasteiger partial charge in [0, 0.05) is 11.6 Å². The Balaban J connectivity index is 2.35. The number of hydrazine groups is 1. The Labute approximate surface area is 103 Å². The summed E-state index contributed by atoms with van der Waals surface area (Å²) in [6.45, 7) is 0. The smallest absolute Gasteiger partial charge is 0.134 e. The van der Waals surface area contributed by atoms with Gasteiger partial charge in [0.15, 0.2) is 0 Å².